The lowest BCUT2D eigenvalue weighted by molar-refractivity contribution is 0.265. The van der Waals surface area contributed by atoms with E-state index in [0.29, 0.717) is 13.1 Å². The van der Waals surface area contributed by atoms with Gasteiger partial charge >= 0.3 is 0 Å². The summed E-state index contributed by atoms with van der Waals surface area (Å²) in [6.45, 7) is 5.25. The minimum Gasteiger partial charge on any atom is -0.329 e. The molecule has 0 radical (unpaired) electrons. The lowest BCUT2D eigenvalue weighted by Gasteiger charge is -2.21. The SMILES string of the molecule is CCCCN(CCN)Cc1ccccc1F. The molecule has 0 spiro atoms. The van der Waals surface area contributed by atoms with Gasteiger partial charge in [0.2, 0.25) is 0 Å². The van der Waals surface area contributed by atoms with Crippen molar-refractivity contribution in [3.63, 3.8) is 0 Å². The van der Waals surface area contributed by atoms with Crippen LogP contribution in [-0.2, 0) is 6.54 Å². The number of unbranched alkanes of at least 4 members (excludes halogenated alkanes) is 1. The lowest BCUT2D eigenvalue weighted by Crippen LogP contribution is -2.30. The highest BCUT2D eigenvalue weighted by atomic mass is 19.1. The molecule has 0 atom stereocenters. The first-order chi connectivity index (χ1) is 7.77. The summed E-state index contributed by atoms with van der Waals surface area (Å²) in [6.07, 6.45) is 2.28. The summed E-state index contributed by atoms with van der Waals surface area (Å²) in [7, 11) is 0. The third-order valence-corrected chi connectivity index (χ3v) is 2.63. The van der Waals surface area contributed by atoms with Crippen LogP contribution < -0.4 is 5.73 Å². The highest BCUT2D eigenvalue weighted by molar-refractivity contribution is 5.17. The molecule has 0 saturated heterocycles. The second-order valence-electron chi connectivity index (χ2n) is 4.01. The number of hydrogen-bond donors (Lipinski definition) is 1. The van der Waals surface area contributed by atoms with Crippen LogP contribution in [-0.4, -0.2) is 24.5 Å². The van der Waals surface area contributed by atoms with Gasteiger partial charge in [-0.05, 0) is 19.0 Å². The Hall–Kier alpha value is -0.930. The fourth-order valence-corrected chi connectivity index (χ4v) is 1.70. The van der Waals surface area contributed by atoms with Gasteiger partial charge in [0.1, 0.15) is 5.82 Å². The third-order valence-electron chi connectivity index (χ3n) is 2.63. The number of nitrogens with two attached hydrogens (primary N) is 1. The summed E-state index contributed by atoms with van der Waals surface area (Å²) < 4.78 is 13.5. The van der Waals surface area contributed by atoms with E-state index in [-0.39, 0.29) is 5.82 Å². The molecule has 1 rings (SSSR count). The molecule has 1 aromatic carbocycles. The summed E-state index contributed by atoms with van der Waals surface area (Å²) in [6, 6.07) is 6.94. The molecular weight excluding hydrogens is 203 g/mol. The Balaban J connectivity index is 2.56. The van der Waals surface area contributed by atoms with Crippen molar-refractivity contribution in [1.82, 2.24) is 4.90 Å². The lowest BCUT2D eigenvalue weighted by atomic mass is 10.2. The first-order valence-electron chi connectivity index (χ1n) is 5.93. The van der Waals surface area contributed by atoms with E-state index < -0.39 is 0 Å². The zero-order chi connectivity index (χ0) is 11.8. The van der Waals surface area contributed by atoms with Crippen LogP contribution in [0.1, 0.15) is 25.3 Å². The van der Waals surface area contributed by atoms with Gasteiger partial charge in [0, 0.05) is 25.2 Å². The molecule has 2 nitrogen and oxygen atoms in total. The Morgan fingerprint density at radius 2 is 2.00 bits per heavy atom. The summed E-state index contributed by atoms with van der Waals surface area (Å²) in [5.41, 5.74) is 6.31. The van der Waals surface area contributed by atoms with Crippen molar-refractivity contribution < 1.29 is 4.39 Å². The van der Waals surface area contributed by atoms with Gasteiger partial charge in [-0.1, -0.05) is 31.5 Å². The quantitative estimate of drug-likeness (QED) is 0.770. The van der Waals surface area contributed by atoms with Crippen LogP contribution in [0.5, 0.6) is 0 Å². The standard InChI is InChI=1S/C13H21FN2/c1-2-3-9-16(10-8-15)11-12-6-4-5-7-13(12)14/h4-7H,2-3,8-11,15H2,1H3. The van der Waals surface area contributed by atoms with Crippen molar-refractivity contribution in [1.29, 1.82) is 0 Å². The molecule has 0 aliphatic rings. The summed E-state index contributed by atoms with van der Waals surface area (Å²) in [5.74, 6) is -0.124. The molecule has 0 bridgehead atoms. The van der Waals surface area contributed by atoms with Crippen molar-refractivity contribution in [2.24, 2.45) is 5.73 Å². The molecule has 0 aliphatic heterocycles. The van der Waals surface area contributed by atoms with Crippen LogP contribution >= 0.6 is 0 Å². The number of rotatable bonds is 7. The first kappa shape index (κ1) is 13.1. The molecule has 0 fully saturated rings. The van der Waals surface area contributed by atoms with E-state index in [9.17, 15) is 4.39 Å². The maximum atomic E-state index is 13.5. The third kappa shape index (κ3) is 4.29. The van der Waals surface area contributed by atoms with E-state index in [1.54, 1.807) is 6.07 Å². The molecule has 2 N–H and O–H groups in total. The van der Waals surface area contributed by atoms with Crippen molar-refractivity contribution in [3.8, 4) is 0 Å². The number of halogens is 1. The molecule has 3 heteroatoms. The van der Waals surface area contributed by atoms with E-state index in [1.807, 2.05) is 12.1 Å². The Kier molecular flexibility index (Phi) is 6.04. The molecular formula is C13H21FN2. The maximum absolute atomic E-state index is 13.5. The first-order valence-corrected chi connectivity index (χ1v) is 5.93. The average molecular weight is 224 g/mol. The number of benzene rings is 1. The predicted octanol–water partition coefficient (Wildman–Crippen LogP) is 2.39. The van der Waals surface area contributed by atoms with Crippen LogP contribution in [0.3, 0.4) is 0 Å². The number of hydrogen-bond acceptors (Lipinski definition) is 2. The normalized spacial score (nSPS) is 11.0. The number of nitrogens with zero attached hydrogens (tertiary/aromatic N) is 1. The monoisotopic (exact) mass is 224 g/mol. The van der Waals surface area contributed by atoms with E-state index in [4.69, 9.17) is 5.73 Å². The maximum Gasteiger partial charge on any atom is 0.127 e. The van der Waals surface area contributed by atoms with Gasteiger partial charge in [-0.2, -0.15) is 0 Å². The van der Waals surface area contributed by atoms with Crippen LogP contribution in [0.15, 0.2) is 24.3 Å². The molecule has 90 valence electrons. The van der Waals surface area contributed by atoms with Crippen LogP contribution in [0.25, 0.3) is 0 Å². The van der Waals surface area contributed by atoms with Gasteiger partial charge in [0.15, 0.2) is 0 Å². The fraction of sp³-hybridized carbons (Fsp3) is 0.538. The zero-order valence-corrected chi connectivity index (χ0v) is 9.95. The van der Waals surface area contributed by atoms with Crippen LogP contribution in [0.4, 0.5) is 4.39 Å². The molecule has 0 amide bonds. The molecule has 1 aromatic rings. The highest BCUT2D eigenvalue weighted by Gasteiger charge is 2.07. The van der Waals surface area contributed by atoms with E-state index >= 15 is 0 Å². The van der Waals surface area contributed by atoms with Crippen molar-refractivity contribution in [2.45, 2.75) is 26.3 Å². The van der Waals surface area contributed by atoms with Gasteiger partial charge in [0.25, 0.3) is 0 Å². The molecule has 0 unspecified atom stereocenters. The summed E-state index contributed by atoms with van der Waals surface area (Å²) >= 11 is 0. The van der Waals surface area contributed by atoms with Gasteiger partial charge in [-0.3, -0.25) is 4.90 Å². The Bertz CT molecular complexity index is 302. The van der Waals surface area contributed by atoms with Crippen LogP contribution in [0, 0.1) is 5.82 Å². The second-order valence-corrected chi connectivity index (χ2v) is 4.01. The van der Waals surface area contributed by atoms with Gasteiger partial charge in [-0.25, -0.2) is 4.39 Å². The molecule has 0 heterocycles. The summed E-state index contributed by atoms with van der Waals surface area (Å²) in [4.78, 5) is 2.21. The molecule has 0 aromatic heterocycles. The smallest absolute Gasteiger partial charge is 0.127 e. The van der Waals surface area contributed by atoms with Crippen molar-refractivity contribution in [3.05, 3.63) is 35.6 Å². The predicted molar refractivity (Wildman–Crippen MR) is 65.6 cm³/mol. The largest absolute Gasteiger partial charge is 0.329 e. The van der Waals surface area contributed by atoms with E-state index in [2.05, 4.69) is 11.8 Å². The summed E-state index contributed by atoms with van der Waals surface area (Å²) in [5, 5.41) is 0. The Labute approximate surface area is 97.3 Å². The van der Waals surface area contributed by atoms with Crippen molar-refractivity contribution >= 4 is 0 Å². The minimum atomic E-state index is -0.124. The van der Waals surface area contributed by atoms with Gasteiger partial charge in [0.05, 0.1) is 0 Å². The fourth-order valence-electron chi connectivity index (χ4n) is 1.70. The van der Waals surface area contributed by atoms with Gasteiger partial charge < -0.3 is 5.73 Å². The van der Waals surface area contributed by atoms with Gasteiger partial charge in [-0.15, -0.1) is 0 Å². The van der Waals surface area contributed by atoms with Crippen LogP contribution in [0.2, 0.25) is 0 Å². The minimum absolute atomic E-state index is 0.124. The molecule has 0 aliphatic carbocycles. The van der Waals surface area contributed by atoms with E-state index in [0.717, 1.165) is 31.5 Å². The zero-order valence-electron chi connectivity index (χ0n) is 9.95. The van der Waals surface area contributed by atoms with E-state index in [1.165, 1.54) is 6.07 Å². The molecule has 16 heavy (non-hydrogen) atoms. The van der Waals surface area contributed by atoms with Crippen molar-refractivity contribution in [2.75, 3.05) is 19.6 Å². The Morgan fingerprint density at radius 1 is 1.25 bits per heavy atom. The topological polar surface area (TPSA) is 29.3 Å². The Morgan fingerprint density at radius 3 is 2.62 bits per heavy atom. The second kappa shape index (κ2) is 7.36. The highest BCUT2D eigenvalue weighted by Crippen LogP contribution is 2.10. The average Bonchev–Trinajstić information content (AvgIpc) is 2.29. The molecule has 0 saturated carbocycles.